The second-order valence-electron chi connectivity index (χ2n) is 5.86. The summed E-state index contributed by atoms with van der Waals surface area (Å²) in [6.45, 7) is 3.12. The Morgan fingerprint density at radius 3 is 2.22 bits per heavy atom. The van der Waals surface area contributed by atoms with Crippen molar-refractivity contribution in [3.8, 4) is 0 Å². The molecule has 0 amide bonds. The van der Waals surface area contributed by atoms with Crippen LogP contribution in [-0.4, -0.2) is 24.6 Å². The molecule has 18 heavy (non-hydrogen) atoms. The minimum absolute atomic E-state index is 0.703. The van der Waals surface area contributed by atoms with Gasteiger partial charge < -0.3 is 10.6 Å². The van der Waals surface area contributed by atoms with E-state index in [0.29, 0.717) is 6.54 Å². The molecule has 3 rings (SSSR count). The van der Waals surface area contributed by atoms with E-state index in [2.05, 4.69) is 22.0 Å². The summed E-state index contributed by atoms with van der Waals surface area (Å²) in [5.74, 6) is 3.01. The largest absolute Gasteiger partial charge is 0.356 e. The summed E-state index contributed by atoms with van der Waals surface area (Å²) in [6.07, 6.45) is 8.56. The van der Waals surface area contributed by atoms with Gasteiger partial charge in [-0.3, -0.25) is 0 Å². The fourth-order valence-corrected chi connectivity index (χ4v) is 2.40. The molecule has 0 unspecified atom stereocenters. The molecule has 0 aliphatic heterocycles. The van der Waals surface area contributed by atoms with Gasteiger partial charge in [0.25, 0.3) is 0 Å². The zero-order valence-corrected chi connectivity index (χ0v) is 11.0. The van der Waals surface area contributed by atoms with Crippen LogP contribution in [0.4, 0.5) is 5.82 Å². The van der Waals surface area contributed by atoms with Crippen LogP contribution in [0.25, 0.3) is 0 Å². The predicted molar refractivity (Wildman–Crippen MR) is 74.7 cm³/mol. The molecule has 1 heterocycles. The molecular weight excluding hydrogens is 222 g/mol. The molecule has 1 aromatic heterocycles. The van der Waals surface area contributed by atoms with Gasteiger partial charge in [-0.25, -0.2) is 4.98 Å². The lowest BCUT2D eigenvalue weighted by Gasteiger charge is -2.23. The van der Waals surface area contributed by atoms with Crippen molar-refractivity contribution in [3.05, 3.63) is 23.9 Å². The first-order valence-corrected chi connectivity index (χ1v) is 7.25. The van der Waals surface area contributed by atoms with Crippen LogP contribution >= 0.6 is 0 Å². The van der Waals surface area contributed by atoms with Gasteiger partial charge in [0.2, 0.25) is 0 Å². The summed E-state index contributed by atoms with van der Waals surface area (Å²) >= 11 is 0. The molecule has 2 aliphatic rings. The Morgan fingerprint density at radius 2 is 1.78 bits per heavy atom. The molecule has 2 saturated carbocycles. The van der Waals surface area contributed by atoms with Crippen molar-refractivity contribution in [1.82, 2.24) is 4.98 Å². The lowest BCUT2D eigenvalue weighted by molar-refractivity contribution is 0.671. The molecule has 2 aliphatic carbocycles. The Bertz CT molecular complexity index is 365. The molecule has 0 saturated heterocycles. The molecule has 2 N–H and O–H groups in total. The maximum Gasteiger partial charge on any atom is 0.128 e. The van der Waals surface area contributed by atoms with Crippen LogP contribution in [0.15, 0.2) is 18.3 Å². The van der Waals surface area contributed by atoms with E-state index in [-0.39, 0.29) is 0 Å². The van der Waals surface area contributed by atoms with E-state index in [1.165, 1.54) is 44.3 Å². The molecule has 2 fully saturated rings. The standard InChI is InChI=1S/C15H23N3/c16-8-7-12-5-6-15(17-9-12)18(10-13-1-2-13)11-14-3-4-14/h5-6,9,13-14H,1-4,7-8,10-11,16H2. The third kappa shape index (κ3) is 3.22. The molecular formula is C15H23N3. The van der Waals surface area contributed by atoms with Crippen molar-refractivity contribution < 1.29 is 0 Å². The summed E-state index contributed by atoms with van der Waals surface area (Å²) < 4.78 is 0. The Kier molecular flexibility index (Phi) is 3.50. The lowest BCUT2D eigenvalue weighted by atomic mass is 10.2. The highest BCUT2D eigenvalue weighted by Crippen LogP contribution is 2.35. The molecule has 0 aromatic carbocycles. The zero-order valence-electron chi connectivity index (χ0n) is 11.0. The first-order valence-electron chi connectivity index (χ1n) is 7.25. The van der Waals surface area contributed by atoms with E-state index in [4.69, 9.17) is 5.73 Å². The SMILES string of the molecule is NCCc1ccc(N(CC2CC2)CC2CC2)nc1. The van der Waals surface area contributed by atoms with Gasteiger partial charge in [-0.2, -0.15) is 0 Å². The first kappa shape index (κ1) is 12.0. The van der Waals surface area contributed by atoms with Crippen LogP contribution in [0, 0.1) is 11.8 Å². The number of hydrogen-bond acceptors (Lipinski definition) is 3. The molecule has 0 radical (unpaired) electrons. The highest BCUT2D eigenvalue weighted by Gasteiger charge is 2.29. The molecule has 0 atom stereocenters. The summed E-state index contributed by atoms with van der Waals surface area (Å²) in [5.41, 5.74) is 6.82. The van der Waals surface area contributed by atoms with Gasteiger partial charge >= 0.3 is 0 Å². The number of pyridine rings is 1. The minimum Gasteiger partial charge on any atom is -0.356 e. The van der Waals surface area contributed by atoms with Crippen LogP contribution in [0.1, 0.15) is 31.2 Å². The number of rotatable bonds is 7. The van der Waals surface area contributed by atoms with Gasteiger partial charge in [-0.1, -0.05) is 6.07 Å². The molecule has 0 bridgehead atoms. The smallest absolute Gasteiger partial charge is 0.128 e. The Morgan fingerprint density at radius 1 is 1.11 bits per heavy atom. The number of anilines is 1. The van der Waals surface area contributed by atoms with Gasteiger partial charge in [0.1, 0.15) is 5.82 Å². The summed E-state index contributed by atoms with van der Waals surface area (Å²) in [7, 11) is 0. The van der Waals surface area contributed by atoms with Crippen molar-refractivity contribution in [3.63, 3.8) is 0 Å². The second kappa shape index (κ2) is 5.27. The fourth-order valence-electron chi connectivity index (χ4n) is 2.40. The van der Waals surface area contributed by atoms with E-state index in [1.807, 2.05) is 6.20 Å². The van der Waals surface area contributed by atoms with Gasteiger partial charge in [-0.15, -0.1) is 0 Å². The van der Waals surface area contributed by atoms with E-state index in [1.54, 1.807) is 0 Å². The van der Waals surface area contributed by atoms with Crippen molar-refractivity contribution >= 4 is 5.82 Å². The number of aromatic nitrogens is 1. The lowest BCUT2D eigenvalue weighted by Crippen LogP contribution is -2.28. The average molecular weight is 245 g/mol. The third-order valence-corrected chi connectivity index (χ3v) is 3.92. The number of nitrogens with two attached hydrogens (primary N) is 1. The van der Waals surface area contributed by atoms with Gasteiger partial charge in [-0.05, 0) is 62.1 Å². The molecule has 98 valence electrons. The van der Waals surface area contributed by atoms with Crippen LogP contribution < -0.4 is 10.6 Å². The normalized spacial score (nSPS) is 18.9. The highest BCUT2D eigenvalue weighted by atomic mass is 15.2. The van der Waals surface area contributed by atoms with Gasteiger partial charge in [0.05, 0.1) is 0 Å². The van der Waals surface area contributed by atoms with Crippen LogP contribution in [0.5, 0.6) is 0 Å². The number of nitrogens with zero attached hydrogens (tertiary/aromatic N) is 2. The summed E-state index contributed by atoms with van der Waals surface area (Å²) in [4.78, 5) is 7.13. The van der Waals surface area contributed by atoms with Crippen LogP contribution in [0.2, 0.25) is 0 Å². The molecule has 3 heteroatoms. The van der Waals surface area contributed by atoms with Crippen molar-refractivity contribution in [2.24, 2.45) is 17.6 Å². The maximum atomic E-state index is 5.57. The highest BCUT2D eigenvalue weighted by molar-refractivity contribution is 5.40. The average Bonchev–Trinajstić information content (AvgIpc) is 3.25. The number of hydrogen-bond donors (Lipinski definition) is 1. The van der Waals surface area contributed by atoms with Gasteiger partial charge in [0, 0.05) is 19.3 Å². The first-order chi connectivity index (χ1) is 8.85. The van der Waals surface area contributed by atoms with Crippen LogP contribution in [-0.2, 0) is 6.42 Å². The minimum atomic E-state index is 0.703. The van der Waals surface area contributed by atoms with E-state index >= 15 is 0 Å². The summed E-state index contributed by atoms with van der Waals surface area (Å²) in [6, 6.07) is 4.36. The van der Waals surface area contributed by atoms with Gasteiger partial charge in [0.15, 0.2) is 0 Å². The van der Waals surface area contributed by atoms with Crippen molar-refractivity contribution in [1.29, 1.82) is 0 Å². The predicted octanol–water partition coefficient (Wildman–Crippen LogP) is 2.21. The topological polar surface area (TPSA) is 42.1 Å². The molecule has 3 nitrogen and oxygen atoms in total. The maximum absolute atomic E-state index is 5.57. The quantitative estimate of drug-likeness (QED) is 0.801. The molecule has 1 aromatic rings. The van der Waals surface area contributed by atoms with Crippen molar-refractivity contribution in [2.75, 3.05) is 24.5 Å². The van der Waals surface area contributed by atoms with Crippen LogP contribution in [0.3, 0.4) is 0 Å². The van der Waals surface area contributed by atoms with E-state index in [0.717, 1.165) is 24.1 Å². The Labute approximate surface area is 109 Å². The Hall–Kier alpha value is -1.09. The molecule has 0 spiro atoms. The fraction of sp³-hybridized carbons (Fsp3) is 0.667. The Balaban J connectivity index is 1.66. The van der Waals surface area contributed by atoms with E-state index in [9.17, 15) is 0 Å². The second-order valence-corrected chi connectivity index (χ2v) is 5.86. The monoisotopic (exact) mass is 245 g/mol. The third-order valence-electron chi connectivity index (χ3n) is 3.92. The van der Waals surface area contributed by atoms with Crippen molar-refractivity contribution in [2.45, 2.75) is 32.1 Å². The zero-order chi connectivity index (χ0) is 12.4. The summed E-state index contributed by atoms with van der Waals surface area (Å²) in [5, 5.41) is 0. The van der Waals surface area contributed by atoms with E-state index < -0.39 is 0 Å².